The van der Waals surface area contributed by atoms with Crippen LogP contribution < -0.4 is 10.5 Å². The highest BCUT2D eigenvalue weighted by Crippen LogP contribution is 2.35. The lowest BCUT2D eigenvalue weighted by Crippen LogP contribution is -2.16. The summed E-state index contributed by atoms with van der Waals surface area (Å²) in [5.41, 5.74) is 2.17. The number of hydrogen-bond acceptors (Lipinski definition) is 6. The van der Waals surface area contributed by atoms with E-state index in [1.54, 1.807) is 4.57 Å². The van der Waals surface area contributed by atoms with Crippen LogP contribution in [-0.2, 0) is 21.2 Å². The van der Waals surface area contributed by atoms with Crippen molar-refractivity contribution in [3.63, 3.8) is 0 Å². The minimum atomic E-state index is -3.89. The van der Waals surface area contributed by atoms with Crippen LogP contribution >= 0.6 is 50.9 Å². The number of benzene rings is 2. The van der Waals surface area contributed by atoms with Crippen molar-refractivity contribution in [1.29, 1.82) is 0 Å². The molecule has 1 amide bonds. The fourth-order valence-corrected chi connectivity index (χ4v) is 5.57. The molecule has 8 nitrogen and oxygen atoms in total. The minimum absolute atomic E-state index is 0.00971. The van der Waals surface area contributed by atoms with E-state index in [0.717, 1.165) is 12.3 Å². The number of sulfonamides is 1. The predicted octanol–water partition coefficient (Wildman–Crippen LogP) is 4.67. The van der Waals surface area contributed by atoms with Gasteiger partial charge in [0.1, 0.15) is 0 Å². The third kappa shape index (κ3) is 6.09. The number of hydrogen-bond donors (Lipinski definition) is 2. The van der Waals surface area contributed by atoms with E-state index >= 15 is 0 Å². The quantitative estimate of drug-likeness (QED) is 0.368. The molecule has 13 heteroatoms. The van der Waals surface area contributed by atoms with E-state index in [1.165, 1.54) is 48.4 Å². The topological polar surface area (TPSA) is 120 Å². The molecular formula is C20H18BrCl2N5O3S2. The van der Waals surface area contributed by atoms with Gasteiger partial charge in [0.25, 0.3) is 0 Å². The Morgan fingerprint density at radius 1 is 1.18 bits per heavy atom. The van der Waals surface area contributed by atoms with Gasteiger partial charge in [0.15, 0.2) is 5.16 Å². The average Bonchev–Trinajstić information content (AvgIpc) is 3.48. The number of primary sulfonamides is 1. The van der Waals surface area contributed by atoms with E-state index in [9.17, 15) is 13.2 Å². The average molecular weight is 591 g/mol. The summed E-state index contributed by atoms with van der Waals surface area (Å²) in [5, 5.41) is 17.0. The number of carbonyl (C=O) groups excluding carboxylic acids is 1. The summed E-state index contributed by atoms with van der Waals surface area (Å²) < 4.78 is 25.0. The monoisotopic (exact) mass is 589 g/mol. The van der Waals surface area contributed by atoms with Crippen molar-refractivity contribution in [2.75, 3.05) is 11.1 Å². The van der Waals surface area contributed by atoms with Crippen molar-refractivity contribution in [2.45, 2.75) is 29.3 Å². The molecule has 3 N–H and O–H groups in total. The van der Waals surface area contributed by atoms with Gasteiger partial charge in [-0.1, -0.05) is 41.0 Å². The van der Waals surface area contributed by atoms with Crippen molar-refractivity contribution >= 4 is 72.5 Å². The molecule has 0 saturated heterocycles. The van der Waals surface area contributed by atoms with Crippen molar-refractivity contribution in [1.82, 2.24) is 14.8 Å². The number of amides is 1. The van der Waals surface area contributed by atoms with Gasteiger partial charge in [-0.15, -0.1) is 10.2 Å². The van der Waals surface area contributed by atoms with Crippen LogP contribution in [-0.4, -0.2) is 34.8 Å². The summed E-state index contributed by atoms with van der Waals surface area (Å²) in [6.07, 6.45) is 3.55. The molecule has 2 aromatic carbocycles. The number of nitrogens with zero attached hydrogens (tertiary/aromatic N) is 3. The lowest BCUT2D eigenvalue weighted by atomic mass is 10.1. The Morgan fingerprint density at radius 3 is 2.58 bits per heavy atom. The van der Waals surface area contributed by atoms with Gasteiger partial charge >= 0.3 is 0 Å². The number of aromatic nitrogens is 3. The van der Waals surface area contributed by atoms with Gasteiger partial charge in [-0.3, -0.25) is 9.36 Å². The number of anilines is 1. The van der Waals surface area contributed by atoms with E-state index < -0.39 is 10.0 Å². The fraction of sp³-hybridized carbons (Fsp3) is 0.250. The van der Waals surface area contributed by atoms with E-state index in [2.05, 4.69) is 31.4 Å². The van der Waals surface area contributed by atoms with Gasteiger partial charge in [0, 0.05) is 0 Å². The van der Waals surface area contributed by atoms with Gasteiger partial charge in [-0.25, -0.2) is 13.6 Å². The van der Waals surface area contributed by atoms with Gasteiger partial charge in [0.2, 0.25) is 20.7 Å². The molecule has 174 valence electrons. The maximum absolute atomic E-state index is 12.5. The Morgan fingerprint density at radius 2 is 1.94 bits per heavy atom. The predicted molar refractivity (Wildman–Crippen MR) is 133 cm³/mol. The fourth-order valence-electron chi connectivity index (χ4n) is 3.15. The Labute approximate surface area is 213 Å². The van der Waals surface area contributed by atoms with Crippen molar-refractivity contribution < 1.29 is 13.2 Å². The third-order valence-corrected chi connectivity index (χ3v) is 7.91. The molecule has 0 unspecified atom stereocenters. The van der Waals surface area contributed by atoms with Gasteiger partial charge < -0.3 is 5.32 Å². The first-order valence-corrected chi connectivity index (χ1v) is 13.8. The van der Waals surface area contributed by atoms with Crippen LogP contribution in [0.2, 0.25) is 10.0 Å². The lowest BCUT2D eigenvalue weighted by molar-refractivity contribution is -0.113. The highest BCUT2D eigenvalue weighted by molar-refractivity contribution is 9.10. The van der Waals surface area contributed by atoms with Gasteiger partial charge in [0.05, 0.1) is 32.1 Å². The Bertz CT molecular complexity index is 1330. The summed E-state index contributed by atoms with van der Waals surface area (Å²) in [7, 11) is -3.89. The normalized spacial score (nSPS) is 13.8. The zero-order chi connectivity index (χ0) is 23.8. The molecule has 0 bridgehead atoms. The summed E-state index contributed by atoms with van der Waals surface area (Å²) in [4.78, 5) is 12.3. The lowest BCUT2D eigenvalue weighted by Gasteiger charge is -2.12. The molecule has 0 aliphatic heterocycles. The molecule has 1 aliphatic carbocycles. The molecule has 4 rings (SSSR count). The van der Waals surface area contributed by atoms with Crippen LogP contribution in [0.5, 0.6) is 0 Å². The first kappa shape index (κ1) is 24.5. The van der Waals surface area contributed by atoms with E-state index in [-0.39, 0.29) is 27.3 Å². The SMILES string of the molecule is NS(=O)(=O)c1ccc(NC(=O)CSc2nnc(Br)n2-c2ccc(CC3CC3)cc2Cl)c(Cl)c1. The Kier molecular flexibility index (Phi) is 7.37. The van der Waals surface area contributed by atoms with Crippen molar-refractivity contribution in [3.8, 4) is 5.69 Å². The van der Waals surface area contributed by atoms with Crippen molar-refractivity contribution in [2.24, 2.45) is 11.1 Å². The Hall–Kier alpha value is -1.63. The molecule has 0 atom stereocenters. The maximum Gasteiger partial charge on any atom is 0.238 e. The first-order valence-electron chi connectivity index (χ1n) is 9.76. The minimum Gasteiger partial charge on any atom is -0.324 e. The zero-order valence-electron chi connectivity index (χ0n) is 17.0. The number of rotatable bonds is 8. The molecule has 1 fully saturated rings. The number of thioether (sulfide) groups is 1. The Balaban J connectivity index is 1.45. The summed E-state index contributed by atoms with van der Waals surface area (Å²) in [5.74, 6) is 0.403. The number of nitrogens with two attached hydrogens (primary N) is 1. The molecule has 0 spiro atoms. The standard InChI is InChI=1S/C20H18BrCl2N5O3S2/c21-19-26-27-20(28(19)17-6-3-12(8-15(17)23)7-11-1-2-11)32-10-18(29)25-16-5-4-13(9-14(16)22)33(24,30)31/h3-6,8-9,11H,1-2,7,10H2,(H,25,29)(H2,24,30,31). The van der Waals surface area contributed by atoms with E-state index in [0.29, 0.717) is 20.6 Å². The van der Waals surface area contributed by atoms with Gasteiger partial charge in [-0.05, 0) is 77.0 Å². The maximum atomic E-state index is 12.5. The number of carbonyl (C=O) groups is 1. The highest BCUT2D eigenvalue weighted by atomic mass is 79.9. The molecule has 1 heterocycles. The van der Waals surface area contributed by atoms with E-state index in [4.69, 9.17) is 28.3 Å². The van der Waals surface area contributed by atoms with Crippen LogP contribution in [0.1, 0.15) is 18.4 Å². The second kappa shape index (κ2) is 9.93. The summed E-state index contributed by atoms with van der Waals surface area (Å²) >= 11 is 17.2. The second-order valence-electron chi connectivity index (χ2n) is 7.54. The van der Waals surface area contributed by atoms with Crippen LogP contribution in [0.4, 0.5) is 5.69 Å². The third-order valence-electron chi connectivity index (χ3n) is 4.94. The molecule has 1 aliphatic rings. The van der Waals surface area contributed by atoms with E-state index in [1.807, 2.05) is 18.2 Å². The summed E-state index contributed by atoms with van der Waals surface area (Å²) in [6.45, 7) is 0. The van der Waals surface area contributed by atoms with Crippen molar-refractivity contribution in [3.05, 3.63) is 56.7 Å². The number of nitrogens with one attached hydrogen (secondary N) is 1. The van der Waals surface area contributed by atoms with Crippen LogP contribution in [0.3, 0.4) is 0 Å². The van der Waals surface area contributed by atoms with Crippen LogP contribution in [0.25, 0.3) is 5.69 Å². The highest BCUT2D eigenvalue weighted by Gasteiger charge is 2.22. The zero-order valence-corrected chi connectivity index (χ0v) is 21.7. The first-order chi connectivity index (χ1) is 15.6. The molecule has 33 heavy (non-hydrogen) atoms. The second-order valence-corrected chi connectivity index (χ2v) is 11.6. The largest absolute Gasteiger partial charge is 0.324 e. The molecule has 1 saturated carbocycles. The molecule has 1 aromatic heterocycles. The summed E-state index contributed by atoms with van der Waals surface area (Å²) in [6, 6.07) is 9.75. The van der Waals surface area contributed by atoms with Crippen LogP contribution in [0.15, 0.2) is 51.2 Å². The molecular weight excluding hydrogens is 573 g/mol. The smallest absolute Gasteiger partial charge is 0.238 e. The van der Waals surface area contributed by atoms with Crippen LogP contribution in [0, 0.1) is 5.92 Å². The van der Waals surface area contributed by atoms with Gasteiger partial charge in [-0.2, -0.15) is 0 Å². The molecule has 0 radical (unpaired) electrons. The molecule has 3 aromatic rings. The number of halogens is 3.